The molecule has 41 heavy (non-hydrogen) atoms. The van der Waals surface area contributed by atoms with Gasteiger partial charge in [0.15, 0.2) is 16.6 Å². The summed E-state index contributed by atoms with van der Waals surface area (Å²) < 4.78 is 14.9. The molecular formula is C37H72O2Si2. The number of rotatable bonds is 16. The van der Waals surface area contributed by atoms with E-state index in [9.17, 15) is 0 Å². The minimum absolute atomic E-state index is 0.434. The van der Waals surface area contributed by atoms with E-state index < -0.39 is 16.6 Å². The Kier molecular flexibility index (Phi) is 12.2. The monoisotopic (exact) mass is 605 g/mol. The lowest BCUT2D eigenvalue weighted by atomic mass is 9.45. The number of hydrogen-bond donors (Lipinski definition) is 0. The molecule has 0 saturated heterocycles. The van der Waals surface area contributed by atoms with Crippen molar-refractivity contribution in [1.82, 2.24) is 0 Å². The molecule has 2 nitrogen and oxygen atoms in total. The van der Waals surface area contributed by atoms with E-state index in [0.29, 0.717) is 23.0 Å². The number of hydrogen-bond acceptors (Lipinski definition) is 2. The van der Waals surface area contributed by atoms with Crippen LogP contribution in [0.5, 0.6) is 0 Å². The molecule has 0 aromatic rings. The zero-order chi connectivity index (χ0) is 29.7. The second-order valence-electron chi connectivity index (χ2n) is 16.3. The molecule has 240 valence electrons. The summed E-state index contributed by atoms with van der Waals surface area (Å²) in [7, 11) is -3.21. The van der Waals surface area contributed by atoms with Crippen molar-refractivity contribution in [2.24, 2.45) is 34.5 Å². The number of fused-ring (bicyclic) bond motifs is 5. The average molecular weight is 605 g/mol. The van der Waals surface area contributed by atoms with Gasteiger partial charge in [0.05, 0.1) is 6.10 Å². The standard InChI is InChI=1S/C37H72O2Si2/c1-9-23-40(24-10-2,25-11-3)38-31-19-21-36(7)30(29-31)15-16-32-33-17-18-35(37(33,8)22-20-34(32)36)39-41(26-12-4,27-13-5)28-14-6/h30-35H,9-29H2,1-8H3. The van der Waals surface area contributed by atoms with Crippen LogP contribution in [-0.4, -0.2) is 28.8 Å². The Hall–Kier alpha value is 0.354. The molecular weight excluding hydrogens is 533 g/mol. The molecule has 8 unspecified atom stereocenters. The summed E-state index contributed by atoms with van der Waals surface area (Å²) in [5, 5.41) is 0. The minimum atomic E-state index is -1.63. The summed E-state index contributed by atoms with van der Waals surface area (Å²) in [6, 6.07) is 8.33. The fraction of sp³-hybridized carbons (Fsp3) is 1.00. The van der Waals surface area contributed by atoms with Gasteiger partial charge in [-0.1, -0.05) is 93.9 Å². The molecule has 0 aromatic carbocycles. The maximum absolute atomic E-state index is 7.55. The van der Waals surface area contributed by atoms with Crippen molar-refractivity contribution in [3.8, 4) is 0 Å². The first kappa shape index (κ1) is 34.2. The molecule has 4 rings (SSSR count). The van der Waals surface area contributed by atoms with Crippen molar-refractivity contribution >= 4 is 16.6 Å². The van der Waals surface area contributed by atoms with Gasteiger partial charge in [0.2, 0.25) is 0 Å². The fourth-order valence-electron chi connectivity index (χ4n) is 12.0. The Morgan fingerprint density at radius 1 is 0.537 bits per heavy atom. The van der Waals surface area contributed by atoms with Crippen LogP contribution in [0.1, 0.15) is 152 Å². The SMILES string of the molecule is CCC[Si](CCC)(CCC)OC1CCC2(C)C(CCC3C2CCC2(C)C(O[Si](CCC)(CCC)CCC)CCC32)C1. The fourth-order valence-corrected chi connectivity index (χ4v) is 21.6. The molecule has 0 heterocycles. The van der Waals surface area contributed by atoms with Gasteiger partial charge in [0.25, 0.3) is 0 Å². The van der Waals surface area contributed by atoms with E-state index in [1.54, 1.807) is 0 Å². The topological polar surface area (TPSA) is 18.5 Å². The highest BCUT2D eigenvalue weighted by molar-refractivity contribution is 6.74. The first-order chi connectivity index (χ1) is 19.7. The molecule has 4 aliphatic rings. The largest absolute Gasteiger partial charge is 0.414 e. The smallest absolute Gasteiger partial charge is 0.193 e. The average Bonchev–Trinajstić information content (AvgIpc) is 3.25. The summed E-state index contributed by atoms with van der Waals surface area (Å²) >= 11 is 0. The summed E-state index contributed by atoms with van der Waals surface area (Å²) in [5.41, 5.74) is 0.989. The second-order valence-corrected chi connectivity index (χ2v) is 24.5. The molecule has 4 saturated carbocycles. The third-order valence-electron chi connectivity index (χ3n) is 13.6. The van der Waals surface area contributed by atoms with E-state index in [0.717, 1.165) is 23.7 Å². The van der Waals surface area contributed by atoms with Crippen molar-refractivity contribution in [1.29, 1.82) is 0 Å². The van der Waals surface area contributed by atoms with Crippen LogP contribution >= 0.6 is 0 Å². The maximum Gasteiger partial charge on any atom is 0.193 e. The molecule has 0 N–H and O–H groups in total. The molecule has 0 aromatic heterocycles. The van der Waals surface area contributed by atoms with E-state index in [4.69, 9.17) is 8.85 Å². The normalized spacial score (nSPS) is 37.5. The minimum Gasteiger partial charge on any atom is -0.414 e. The second kappa shape index (κ2) is 14.6. The zero-order valence-electron chi connectivity index (χ0n) is 29.1. The van der Waals surface area contributed by atoms with Crippen molar-refractivity contribution in [2.45, 2.75) is 200 Å². The third kappa shape index (κ3) is 6.96. The van der Waals surface area contributed by atoms with E-state index >= 15 is 0 Å². The van der Waals surface area contributed by atoms with E-state index in [-0.39, 0.29) is 0 Å². The Morgan fingerprint density at radius 2 is 1.02 bits per heavy atom. The highest BCUT2D eigenvalue weighted by Crippen LogP contribution is 2.67. The van der Waals surface area contributed by atoms with E-state index in [1.165, 1.54) is 133 Å². The molecule has 0 amide bonds. The summed E-state index contributed by atoms with van der Waals surface area (Å²) in [6.45, 7) is 19.8. The summed E-state index contributed by atoms with van der Waals surface area (Å²) in [4.78, 5) is 0. The third-order valence-corrected chi connectivity index (χ3v) is 23.7. The van der Waals surface area contributed by atoms with Gasteiger partial charge in [-0.25, -0.2) is 0 Å². The quantitative estimate of drug-likeness (QED) is 0.163. The predicted molar refractivity (Wildman–Crippen MR) is 184 cm³/mol. The Morgan fingerprint density at radius 3 is 1.56 bits per heavy atom. The van der Waals surface area contributed by atoms with Crippen molar-refractivity contribution in [3.63, 3.8) is 0 Å². The van der Waals surface area contributed by atoms with Gasteiger partial charge in [-0.2, -0.15) is 0 Å². The van der Waals surface area contributed by atoms with Crippen LogP contribution in [0.15, 0.2) is 0 Å². The first-order valence-corrected chi connectivity index (χ1v) is 24.1. The van der Waals surface area contributed by atoms with Crippen LogP contribution in [0.25, 0.3) is 0 Å². The lowest BCUT2D eigenvalue weighted by Crippen LogP contribution is -2.56. The first-order valence-electron chi connectivity index (χ1n) is 19.0. The maximum atomic E-state index is 7.55. The highest BCUT2D eigenvalue weighted by atomic mass is 28.4. The van der Waals surface area contributed by atoms with Crippen molar-refractivity contribution in [2.75, 3.05) is 0 Å². The van der Waals surface area contributed by atoms with Gasteiger partial charge < -0.3 is 8.85 Å². The molecule has 0 bridgehead atoms. The van der Waals surface area contributed by atoms with Crippen molar-refractivity contribution < 1.29 is 8.85 Å². The molecule has 8 atom stereocenters. The van der Waals surface area contributed by atoms with Crippen LogP contribution in [0.3, 0.4) is 0 Å². The summed E-state index contributed by atoms with van der Waals surface area (Å²) in [6.07, 6.45) is 21.8. The van der Waals surface area contributed by atoms with Crippen LogP contribution in [0, 0.1) is 34.5 Å². The van der Waals surface area contributed by atoms with E-state index in [2.05, 4.69) is 55.4 Å². The predicted octanol–water partition coefficient (Wildman–Crippen LogP) is 12.2. The molecule has 4 aliphatic carbocycles. The Bertz CT molecular complexity index is 768. The highest BCUT2D eigenvalue weighted by Gasteiger charge is 2.61. The molecule has 0 spiro atoms. The van der Waals surface area contributed by atoms with Crippen LogP contribution in [0.2, 0.25) is 36.3 Å². The van der Waals surface area contributed by atoms with Gasteiger partial charge in [-0.15, -0.1) is 0 Å². The zero-order valence-corrected chi connectivity index (χ0v) is 31.1. The van der Waals surface area contributed by atoms with Crippen LogP contribution in [0.4, 0.5) is 0 Å². The summed E-state index contributed by atoms with van der Waals surface area (Å²) in [5.74, 6) is 3.71. The van der Waals surface area contributed by atoms with Crippen molar-refractivity contribution in [3.05, 3.63) is 0 Å². The van der Waals surface area contributed by atoms with Gasteiger partial charge in [-0.3, -0.25) is 0 Å². The van der Waals surface area contributed by atoms with Crippen LogP contribution < -0.4 is 0 Å². The molecule has 4 heteroatoms. The van der Waals surface area contributed by atoms with Gasteiger partial charge in [-0.05, 0) is 129 Å². The molecule has 4 fully saturated rings. The Labute approximate surface area is 259 Å². The van der Waals surface area contributed by atoms with Gasteiger partial charge in [0, 0.05) is 6.10 Å². The van der Waals surface area contributed by atoms with Gasteiger partial charge in [0.1, 0.15) is 0 Å². The lowest BCUT2D eigenvalue weighted by molar-refractivity contribution is -0.131. The van der Waals surface area contributed by atoms with Crippen LogP contribution in [-0.2, 0) is 8.85 Å². The van der Waals surface area contributed by atoms with Gasteiger partial charge >= 0.3 is 0 Å². The Balaban J connectivity index is 1.45. The lowest BCUT2D eigenvalue weighted by Gasteiger charge is -2.61. The molecule has 0 aliphatic heterocycles. The van der Waals surface area contributed by atoms with E-state index in [1.807, 2.05) is 0 Å². The molecule has 0 radical (unpaired) electrons.